The van der Waals surface area contributed by atoms with Crippen molar-refractivity contribution in [3.8, 4) is 5.75 Å². The van der Waals surface area contributed by atoms with Gasteiger partial charge in [-0.15, -0.1) is 0 Å². The summed E-state index contributed by atoms with van der Waals surface area (Å²) in [5.41, 5.74) is 1.18. The summed E-state index contributed by atoms with van der Waals surface area (Å²) in [4.78, 5) is 38.4. The van der Waals surface area contributed by atoms with Crippen molar-refractivity contribution in [2.75, 3.05) is 33.3 Å². The Morgan fingerprint density at radius 2 is 1.73 bits per heavy atom. The molecule has 9 heteroatoms. The highest BCUT2D eigenvalue weighted by molar-refractivity contribution is 5.71. The summed E-state index contributed by atoms with van der Waals surface area (Å²) in [6.45, 7) is 2.50. The number of ether oxygens (including phenoxy) is 2. The summed E-state index contributed by atoms with van der Waals surface area (Å²) in [6.07, 6.45) is 2.28. The first-order chi connectivity index (χ1) is 16.0. The molecular formula is C24H29N3O6. The van der Waals surface area contributed by atoms with Crippen molar-refractivity contribution >= 4 is 17.7 Å². The molecule has 0 atom stereocenters. The lowest BCUT2D eigenvalue weighted by atomic mass is 10.0. The predicted molar refractivity (Wildman–Crippen MR) is 122 cm³/mol. The van der Waals surface area contributed by atoms with Crippen molar-refractivity contribution in [2.24, 2.45) is 0 Å². The van der Waals surface area contributed by atoms with Crippen LogP contribution in [0.1, 0.15) is 24.8 Å². The molecular weight excluding hydrogens is 426 g/mol. The Kier molecular flexibility index (Phi) is 8.77. The molecule has 0 radical (unpaired) electrons. The minimum Gasteiger partial charge on any atom is -0.469 e. The molecule has 1 saturated heterocycles. The fraction of sp³-hybridized carbons (Fsp3) is 0.417. The van der Waals surface area contributed by atoms with Gasteiger partial charge in [0.1, 0.15) is 5.75 Å². The van der Waals surface area contributed by atoms with Gasteiger partial charge in [-0.3, -0.25) is 19.8 Å². The number of nitro groups is 1. The van der Waals surface area contributed by atoms with Crippen LogP contribution >= 0.6 is 0 Å². The molecule has 3 rings (SSSR count). The van der Waals surface area contributed by atoms with E-state index in [-0.39, 0.29) is 23.4 Å². The number of methoxy groups -OCH3 is 1. The molecule has 1 aliphatic heterocycles. The monoisotopic (exact) mass is 455 g/mol. The van der Waals surface area contributed by atoms with Crippen LogP contribution in [0.4, 0.5) is 10.5 Å². The normalized spacial score (nSPS) is 14.2. The molecule has 1 amide bonds. The second-order valence-corrected chi connectivity index (χ2v) is 7.93. The van der Waals surface area contributed by atoms with Crippen LogP contribution in [0.25, 0.3) is 0 Å². The van der Waals surface area contributed by atoms with E-state index in [1.54, 1.807) is 4.90 Å². The molecule has 0 aliphatic carbocycles. The van der Waals surface area contributed by atoms with E-state index in [9.17, 15) is 19.7 Å². The Balaban J connectivity index is 1.53. The number of amides is 1. The fourth-order valence-electron chi connectivity index (χ4n) is 3.95. The SMILES string of the molecule is COC(=O)CCN(CCc1ccccc1)C1CCN(C(=O)Oc2ccc([N+](=O)[O-])cc2)CC1. The lowest BCUT2D eigenvalue weighted by Crippen LogP contribution is -2.48. The number of benzene rings is 2. The summed E-state index contributed by atoms with van der Waals surface area (Å²) < 4.78 is 10.2. The zero-order valence-corrected chi connectivity index (χ0v) is 18.7. The number of likely N-dealkylation sites (tertiary alicyclic amines) is 1. The summed E-state index contributed by atoms with van der Waals surface area (Å²) in [5.74, 6) is 0.0408. The van der Waals surface area contributed by atoms with Crippen LogP contribution in [0.3, 0.4) is 0 Å². The maximum Gasteiger partial charge on any atom is 0.415 e. The molecule has 2 aromatic rings. The van der Waals surface area contributed by atoms with Crippen LogP contribution < -0.4 is 4.74 Å². The van der Waals surface area contributed by atoms with Crippen molar-refractivity contribution in [2.45, 2.75) is 31.7 Å². The molecule has 33 heavy (non-hydrogen) atoms. The molecule has 0 bridgehead atoms. The lowest BCUT2D eigenvalue weighted by molar-refractivity contribution is -0.384. The molecule has 0 spiro atoms. The van der Waals surface area contributed by atoms with E-state index in [0.717, 1.165) is 25.8 Å². The van der Waals surface area contributed by atoms with Crippen molar-refractivity contribution in [3.63, 3.8) is 0 Å². The standard InChI is InChI=1S/C24H29N3O6/c1-32-23(28)14-18-25(15-11-19-5-3-2-4-6-19)20-12-16-26(17-13-20)24(29)33-22-9-7-21(8-10-22)27(30)31/h2-10,20H,11-18H2,1H3. The molecule has 1 fully saturated rings. The van der Waals surface area contributed by atoms with Crippen molar-refractivity contribution in [3.05, 3.63) is 70.3 Å². The van der Waals surface area contributed by atoms with Gasteiger partial charge in [0.2, 0.25) is 0 Å². The quantitative estimate of drug-likeness (QED) is 0.323. The van der Waals surface area contributed by atoms with Crippen LogP contribution in [0.2, 0.25) is 0 Å². The third-order valence-electron chi connectivity index (χ3n) is 5.85. The number of nitrogens with zero attached hydrogens (tertiary/aromatic N) is 3. The number of hydrogen-bond acceptors (Lipinski definition) is 7. The van der Waals surface area contributed by atoms with E-state index >= 15 is 0 Å². The van der Waals surface area contributed by atoms with Gasteiger partial charge in [-0.25, -0.2) is 4.79 Å². The molecule has 1 heterocycles. The van der Waals surface area contributed by atoms with Crippen molar-refractivity contribution < 1.29 is 24.0 Å². The highest BCUT2D eigenvalue weighted by Crippen LogP contribution is 2.21. The molecule has 2 aromatic carbocycles. The zero-order chi connectivity index (χ0) is 23.6. The molecule has 9 nitrogen and oxygen atoms in total. The number of nitro benzene ring substituents is 1. The van der Waals surface area contributed by atoms with Gasteiger partial charge in [-0.1, -0.05) is 30.3 Å². The molecule has 0 aromatic heterocycles. The maximum atomic E-state index is 12.5. The van der Waals surface area contributed by atoms with Crippen LogP contribution in [-0.4, -0.2) is 66.1 Å². The van der Waals surface area contributed by atoms with Gasteiger partial charge in [0.25, 0.3) is 5.69 Å². The van der Waals surface area contributed by atoms with Gasteiger partial charge in [-0.2, -0.15) is 0 Å². The first kappa shape index (κ1) is 24.2. The predicted octanol–water partition coefficient (Wildman–Crippen LogP) is 3.67. The van der Waals surface area contributed by atoms with Crippen LogP contribution in [0.15, 0.2) is 54.6 Å². The molecule has 0 unspecified atom stereocenters. The van der Waals surface area contributed by atoms with E-state index in [2.05, 4.69) is 17.0 Å². The van der Waals surface area contributed by atoms with Gasteiger partial charge >= 0.3 is 12.1 Å². The van der Waals surface area contributed by atoms with E-state index < -0.39 is 11.0 Å². The number of carbonyl (C=O) groups is 2. The maximum absolute atomic E-state index is 12.5. The average Bonchev–Trinajstić information content (AvgIpc) is 2.85. The van der Waals surface area contributed by atoms with Crippen LogP contribution in [0.5, 0.6) is 5.75 Å². The number of piperidine rings is 1. The molecule has 0 N–H and O–H groups in total. The first-order valence-electron chi connectivity index (χ1n) is 11.0. The Morgan fingerprint density at radius 3 is 2.33 bits per heavy atom. The Labute approximate surface area is 193 Å². The van der Waals surface area contributed by atoms with Gasteiger partial charge in [0.15, 0.2) is 0 Å². The summed E-state index contributed by atoms with van der Waals surface area (Å²) in [7, 11) is 1.39. The highest BCUT2D eigenvalue weighted by atomic mass is 16.6. The smallest absolute Gasteiger partial charge is 0.415 e. The number of non-ortho nitro benzene ring substituents is 1. The highest BCUT2D eigenvalue weighted by Gasteiger charge is 2.28. The second-order valence-electron chi connectivity index (χ2n) is 7.93. The van der Waals surface area contributed by atoms with Gasteiger partial charge < -0.3 is 14.4 Å². The van der Waals surface area contributed by atoms with E-state index in [1.807, 2.05) is 18.2 Å². The topological polar surface area (TPSA) is 102 Å². The Bertz CT molecular complexity index is 927. The fourth-order valence-corrected chi connectivity index (χ4v) is 3.95. The van der Waals surface area contributed by atoms with Gasteiger partial charge in [-0.05, 0) is 37.0 Å². The van der Waals surface area contributed by atoms with E-state index in [1.165, 1.54) is 36.9 Å². The van der Waals surface area contributed by atoms with Crippen molar-refractivity contribution in [1.82, 2.24) is 9.80 Å². The number of carbonyl (C=O) groups excluding carboxylic acids is 2. The van der Waals surface area contributed by atoms with E-state index in [4.69, 9.17) is 9.47 Å². The number of rotatable bonds is 9. The molecule has 176 valence electrons. The van der Waals surface area contributed by atoms with Crippen LogP contribution in [-0.2, 0) is 16.0 Å². The summed E-state index contributed by atoms with van der Waals surface area (Å²) in [6, 6.07) is 15.9. The van der Waals surface area contributed by atoms with Gasteiger partial charge in [0.05, 0.1) is 18.5 Å². The zero-order valence-electron chi connectivity index (χ0n) is 18.7. The Hall–Kier alpha value is -3.46. The van der Waals surface area contributed by atoms with Gasteiger partial charge in [0, 0.05) is 44.4 Å². The first-order valence-corrected chi connectivity index (χ1v) is 11.0. The minimum atomic E-state index is -0.500. The van der Waals surface area contributed by atoms with E-state index in [0.29, 0.717) is 26.1 Å². The number of esters is 1. The minimum absolute atomic E-state index is 0.0573. The molecule has 1 aliphatic rings. The summed E-state index contributed by atoms with van der Waals surface area (Å²) in [5, 5.41) is 10.8. The second kappa shape index (κ2) is 12.0. The third kappa shape index (κ3) is 7.28. The Morgan fingerprint density at radius 1 is 1.06 bits per heavy atom. The lowest BCUT2D eigenvalue weighted by Gasteiger charge is -2.38. The number of hydrogen-bond donors (Lipinski definition) is 0. The average molecular weight is 456 g/mol. The van der Waals surface area contributed by atoms with Crippen LogP contribution in [0, 0.1) is 10.1 Å². The summed E-state index contributed by atoms with van der Waals surface area (Å²) >= 11 is 0. The molecule has 0 saturated carbocycles. The third-order valence-corrected chi connectivity index (χ3v) is 5.85. The largest absolute Gasteiger partial charge is 0.469 e. The van der Waals surface area contributed by atoms with Crippen molar-refractivity contribution in [1.29, 1.82) is 0 Å².